The number of thioether (sulfide) groups is 1. The molecule has 0 radical (unpaired) electrons. The Labute approximate surface area is 321 Å². The van der Waals surface area contributed by atoms with E-state index in [4.69, 9.17) is 43.4 Å². The lowest BCUT2D eigenvalue weighted by molar-refractivity contribution is -0.706. The quantitative estimate of drug-likeness (QED) is 0.0359. The van der Waals surface area contributed by atoms with Crippen LogP contribution in [0.4, 0.5) is 0 Å². The fraction of sp³-hybridized carbons (Fsp3) is 0.433. The topological polar surface area (TPSA) is 343 Å². The van der Waals surface area contributed by atoms with Gasteiger partial charge in [-0.25, -0.2) is 24.5 Å². The number of H-pyrrole nitrogens is 1. The van der Waals surface area contributed by atoms with Crippen LogP contribution in [0.2, 0.25) is 0 Å². The summed E-state index contributed by atoms with van der Waals surface area (Å²) in [5.74, 6) is -4.23. The number of aryl methyl sites for hydroxylation is 4. The van der Waals surface area contributed by atoms with Crippen molar-refractivity contribution in [1.82, 2.24) is 33.6 Å². The summed E-state index contributed by atoms with van der Waals surface area (Å²) in [5.41, 5.74) is 24.5. The van der Waals surface area contributed by atoms with Crippen LogP contribution in [0.3, 0.4) is 0 Å². The first kappa shape index (κ1) is 45.4. The van der Waals surface area contributed by atoms with Crippen molar-refractivity contribution in [2.24, 2.45) is 51.1 Å². The first-order chi connectivity index (χ1) is 25.2. The van der Waals surface area contributed by atoms with E-state index in [2.05, 4.69) is 19.9 Å². The van der Waals surface area contributed by atoms with Crippen LogP contribution in [-0.4, -0.2) is 107 Å². The van der Waals surface area contributed by atoms with Gasteiger partial charge in [0.15, 0.2) is 10.8 Å². The molecule has 4 heterocycles. The second-order valence-corrected chi connectivity index (χ2v) is 15.0. The Morgan fingerprint density at radius 1 is 0.722 bits per heavy atom. The maximum absolute atomic E-state index is 11.0. The van der Waals surface area contributed by atoms with Crippen LogP contribution in [0, 0.1) is 0 Å². The molecule has 0 saturated heterocycles. The smallest absolute Gasteiger partial charge is 0.320 e. The Morgan fingerprint density at radius 3 is 1.54 bits per heavy atom. The van der Waals surface area contributed by atoms with Gasteiger partial charge in [0.25, 0.3) is 0 Å². The molecule has 0 spiro atoms. The predicted octanol–water partition coefficient (Wildman–Crippen LogP) is -1.33. The van der Waals surface area contributed by atoms with Crippen molar-refractivity contribution in [3.63, 3.8) is 0 Å². The fourth-order valence-corrected chi connectivity index (χ4v) is 7.66. The van der Waals surface area contributed by atoms with Crippen LogP contribution < -0.4 is 27.5 Å². The van der Waals surface area contributed by atoms with Gasteiger partial charge in [0, 0.05) is 59.9 Å². The lowest BCUT2D eigenvalue weighted by Crippen LogP contribution is -2.33. The Kier molecular flexibility index (Phi) is 17.9. The summed E-state index contributed by atoms with van der Waals surface area (Å²) >= 11 is 1.06. The number of aromatic nitrogens is 8. The molecule has 4 atom stereocenters. The van der Waals surface area contributed by atoms with Crippen molar-refractivity contribution in [3.05, 3.63) is 54.3 Å². The molecule has 296 valence electrons. The van der Waals surface area contributed by atoms with E-state index in [1.807, 2.05) is 7.05 Å². The summed E-state index contributed by atoms with van der Waals surface area (Å²) in [7, 11) is 9.95. The molecule has 0 saturated carbocycles. The molecule has 54 heavy (non-hydrogen) atoms. The Morgan fingerprint density at radius 2 is 1.15 bits per heavy atom. The maximum atomic E-state index is 11.0. The summed E-state index contributed by atoms with van der Waals surface area (Å²) in [4.78, 5) is 69.2. The third kappa shape index (κ3) is 14.3. The maximum Gasteiger partial charge on any atom is 0.320 e. The number of nitrogens with two attached hydrogens (primary N) is 4. The van der Waals surface area contributed by atoms with E-state index in [-0.39, 0.29) is 30.8 Å². The zero-order valence-electron chi connectivity index (χ0n) is 30.0. The van der Waals surface area contributed by atoms with E-state index >= 15 is 0 Å². The third-order valence-corrected chi connectivity index (χ3v) is 10.7. The number of carboxylic acid groups (broad SMARTS) is 4. The second-order valence-electron chi connectivity index (χ2n) is 11.8. The summed E-state index contributed by atoms with van der Waals surface area (Å²) in [6.45, 7) is 1.46. The van der Waals surface area contributed by atoms with Gasteiger partial charge in [0.2, 0.25) is 11.4 Å². The number of nitrogens with one attached hydrogen (secondary N) is 1. The standard InChI is InChI=1S/C14H20N6O4S2.C9H13N3O3S.C7H11N3O2/c1-19-5-17-9(3-7(15)13(21)22)11(19)25-26-12-10(18-6-20(12)2)4-8(16)14(23)24;1-5(13)16-8-7(11-4-12(8)2)3-6(10)9(14)15;1-10-3-5(9-4-10)2-6(8)7(11)12/h5-8H,3-4,15-16H2,1-2H3,(H,21,22)(H,23,24);4,6H,3,10H2,1-2H3,(H,14,15);3-4,6H,2,8H2,1H3,(H,11,12)/p+1/t7-,8-;2*6-/m000/s1. The number of carboxylic acids is 4. The Hall–Kier alpha value is -4.72. The average molecular weight is 814 g/mol. The van der Waals surface area contributed by atoms with Gasteiger partial charge in [0.1, 0.15) is 34.2 Å². The molecule has 0 bridgehead atoms. The minimum absolute atomic E-state index is 0.0552. The highest BCUT2D eigenvalue weighted by Gasteiger charge is 2.24. The van der Waals surface area contributed by atoms with Gasteiger partial charge in [-0.2, -0.15) is 0 Å². The molecule has 21 nitrogen and oxygen atoms in total. The molecule has 0 amide bonds. The molecule has 4 rings (SSSR count). The van der Waals surface area contributed by atoms with Crippen LogP contribution in [0.5, 0.6) is 0 Å². The number of aliphatic carboxylic acids is 4. The van der Waals surface area contributed by atoms with E-state index in [1.165, 1.54) is 28.5 Å². The van der Waals surface area contributed by atoms with Crippen LogP contribution in [0.15, 0.2) is 46.6 Å². The Bertz CT molecular complexity index is 1840. The number of carbonyl (C=O) groups excluding carboxylic acids is 1. The lowest BCUT2D eigenvalue weighted by atomic mass is 10.2. The molecule has 0 aliphatic rings. The van der Waals surface area contributed by atoms with Gasteiger partial charge < -0.3 is 57.1 Å². The number of nitrogens with zero attached hydrogens (tertiary/aromatic N) is 7. The Balaban J connectivity index is 0.000000306. The monoisotopic (exact) mass is 813 g/mol. The lowest BCUT2D eigenvalue weighted by Gasteiger charge is -2.10. The molecule has 0 aliphatic heterocycles. The number of aromatic amines is 1. The zero-order chi connectivity index (χ0) is 40.9. The summed E-state index contributed by atoms with van der Waals surface area (Å²) in [6.07, 6.45) is 8.89. The van der Waals surface area contributed by atoms with Gasteiger partial charge in [0.05, 0.1) is 43.1 Å². The molecule has 0 aromatic carbocycles. The van der Waals surface area contributed by atoms with Crippen molar-refractivity contribution in [3.8, 4) is 0 Å². The highest BCUT2D eigenvalue weighted by atomic mass is 33.1. The van der Waals surface area contributed by atoms with Crippen molar-refractivity contribution >= 4 is 62.3 Å². The van der Waals surface area contributed by atoms with E-state index in [0.717, 1.165) is 21.8 Å². The number of carbonyl (C=O) groups is 5. The van der Waals surface area contributed by atoms with Crippen molar-refractivity contribution < 1.29 is 49.0 Å². The largest absolute Gasteiger partial charge is 0.480 e. The highest BCUT2D eigenvalue weighted by molar-refractivity contribution is 8.76. The van der Waals surface area contributed by atoms with Gasteiger partial charge >= 0.3 is 23.9 Å². The summed E-state index contributed by atoms with van der Waals surface area (Å²) in [6, 6.07) is -3.89. The molecule has 0 unspecified atom stereocenters. The van der Waals surface area contributed by atoms with E-state index in [0.29, 0.717) is 27.8 Å². The molecular formula is C30H45N12O9S3+. The fourth-order valence-electron chi connectivity index (χ4n) is 4.22. The minimum Gasteiger partial charge on any atom is -0.480 e. The van der Waals surface area contributed by atoms with E-state index in [1.54, 1.807) is 70.9 Å². The first-order valence-corrected chi connectivity index (χ1v) is 18.7. The average Bonchev–Trinajstić information content (AvgIpc) is 3.85. The third-order valence-electron chi connectivity index (χ3n) is 7.07. The molecule has 13 N–H and O–H groups in total. The van der Waals surface area contributed by atoms with Gasteiger partial charge in [-0.1, -0.05) is 0 Å². The normalized spacial score (nSPS) is 13.1. The first-order valence-electron chi connectivity index (χ1n) is 15.7. The molecular weight excluding hydrogens is 769 g/mol. The van der Waals surface area contributed by atoms with Crippen molar-refractivity contribution in [2.75, 3.05) is 0 Å². The van der Waals surface area contributed by atoms with Crippen molar-refractivity contribution in [2.45, 2.75) is 71.9 Å². The molecule has 4 aromatic rings. The molecule has 0 fully saturated rings. The second kappa shape index (κ2) is 21.2. The van der Waals surface area contributed by atoms with Gasteiger partial charge in [-0.3, -0.25) is 24.0 Å². The van der Waals surface area contributed by atoms with E-state index < -0.39 is 48.0 Å². The predicted molar refractivity (Wildman–Crippen MR) is 197 cm³/mol. The zero-order valence-corrected chi connectivity index (χ0v) is 32.5. The van der Waals surface area contributed by atoms with E-state index in [9.17, 15) is 24.0 Å². The highest BCUT2D eigenvalue weighted by Crippen LogP contribution is 2.40. The minimum atomic E-state index is -1.09. The van der Waals surface area contributed by atoms with Crippen LogP contribution in [-0.2, 0) is 77.8 Å². The van der Waals surface area contributed by atoms with Gasteiger partial charge in [-0.05, 0) is 33.3 Å². The van der Waals surface area contributed by atoms with Gasteiger partial charge in [-0.15, -0.1) is 0 Å². The molecule has 24 heteroatoms. The van der Waals surface area contributed by atoms with Crippen molar-refractivity contribution in [1.29, 1.82) is 0 Å². The van der Waals surface area contributed by atoms with Crippen LogP contribution in [0.25, 0.3) is 0 Å². The SMILES string of the molecule is CC(=O)Sc1c(C[C@H](N)C(=O)O)[nH]c[n+]1C.Cn1cnc(C[C@H](N)C(=O)O)c1.Cn1cnc(C[C@H](N)C(=O)O)c1SSc1c(C[C@H](N)C(=O)O)ncn1C. The summed E-state index contributed by atoms with van der Waals surface area (Å²) in [5, 5.41) is 37.3. The van der Waals surface area contributed by atoms with Crippen LogP contribution >= 0.6 is 33.3 Å². The number of rotatable bonds is 16. The van der Waals surface area contributed by atoms with Crippen LogP contribution in [0.1, 0.15) is 29.7 Å². The number of hydrogen-bond donors (Lipinski definition) is 9. The molecule has 0 aliphatic carbocycles. The summed E-state index contributed by atoms with van der Waals surface area (Å²) < 4.78 is 7.04. The molecule has 4 aromatic heterocycles. The number of hydrogen-bond acceptors (Lipinski definition) is 15. The number of imidazole rings is 4.